The molecule has 1 aromatic heterocycles. The van der Waals surface area contributed by atoms with Gasteiger partial charge in [-0.2, -0.15) is 0 Å². The van der Waals surface area contributed by atoms with E-state index in [0.717, 1.165) is 23.7 Å². The fraction of sp³-hybridized carbons (Fsp3) is 0.722. The maximum Gasteiger partial charge on any atom is 0.159 e. The second-order valence-corrected chi connectivity index (χ2v) is 12.2. The Morgan fingerprint density at radius 1 is 0.500 bits per heavy atom. The summed E-state index contributed by atoms with van der Waals surface area (Å²) >= 11 is 0. The molecular formula is C36H60N2. The quantitative estimate of drug-likeness (QED) is 0.129. The highest BCUT2D eigenvalue weighted by molar-refractivity contribution is 5.55. The number of aromatic nitrogens is 2. The largest absolute Gasteiger partial charge is 0.236 e. The molecule has 0 aliphatic heterocycles. The van der Waals surface area contributed by atoms with E-state index in [2.05, 4.69) is 55.0 Å². The van der Waals surface area contributed by atoms with Gasteiger partial charge in [-0.05, 0) is 42.7 Å². The predicted molar refractivity (Wildman–Crippen MR) is 168 cm³/mol. The molecule has 0 unspecified atom stereocenters. The molecule has 1 aromatic carbocycles. The molecule has 0 aliphatic carbocycles. The zero-order valence-electron chi connectivity index (χ0n) is 25.5. The third-order valence-corrected chi connectivity index (χ3v) is 7.98. The Hall–Kier alpha value is -1.70. The second-order valence-electron chi connectivity index (χ2n) is 12.2. The Morgan fingerprint density at radius 2 is 0.921 bits per heavy atom. The number of hydrogen-bond donors (Lipinski definition) is 0. The van der Waals surface area contributed by atoms with Crippen molar-refractivity contribution in [1.29, 1.82) is 0 Å². The number of aryl methyl sites for hydroxylation is 2. The van der Waals surface area contributed by atoms with Gasteiger partial charge in [0.25, 0.3) is 0 Å². The Kier molecular flexibility index (Phi) is 19.0. The normalized spacial score (nSPS) is 11.5. The minimum absolute atomic E-state index is 0.852. The van der Waals surface area contributed by atoms with Crippen LogP contribution in [0.5, 0.6) is 0 Å². The van der Waals surface area contributed by atoms with Crippen molar-refractivity contribution in [2.24, 2.45) is 5.92 Å². The van der Waals surface area contributed by atoms with Crippen molar-refractivity contribution < 1.29 is 0 Å². The summed E-state index contributed by atoms with van der Waals surface area (Å²) in [4.78, 5) is 9.32. The third kappa shape index (κ3) is 16.3. The van der Waals surface area contributed by atoms with Crippen molar-refractivity contribution in [3.05, 3.63) is 47.8 Å². The molecule has 0 radical (unpaired) electrons. The van der Waals surface area contributed by atoms with Gasteiger partial charge in [0.1, 0.15) is 0 Å². The zero-order valence-corrected chi connectivity index (χ0v) is 25.5. The van der Waals surface area contributed by atoms with E-state index < -0.39 is 0 Å². The van der Waals surface area contributed by atoms with Crippen LogP contribution in [0.3, 0.4) is 0 Å². The smallest absolute Gasteiger partial charge is 0.159 e. The molecule has 38 heavy (non-hydrogen) atoms. The molecule has 2 nitrogen and oxygen atoms in total. The van der Waals surface area contributed by atoms with Crippen LogP contribution < -0.4 is 0 Å². The second kappa shape index (κ2) is 22.2. The third-order valence-electron chi connectivity index (χ3n) is 7.98. The molecular weight excluding hydrogens is 460 g/mol. The average Bonchev–Trinajstić information content (AvgIpc) is 2.93. The Morgan fingerprint density at radius 3 is 1.39 bits per heavy atom. The fourth-order valence-electron chi connectivity index (χ4n) is 5.39. The number of rotatable bonds is 24. The predicted octanol–water partition coefficient (Wildman–Crippen LogP) is 11.7. The number of unbranched alkanes of at least 4 members (excludes halogenated alkanes) is 17. The van der Waals surface area contributed by atoms with Crippen molar-refractivity contribution in [3.8, 4) is 11.4 Å². The molecule has 2 rings (SSSR count). The summed E-state index contributed by atoms with van der Waals surface area (Å²) in [6, 6.07) is 8.94. The van der Waals surface area contributed by atoms with E-state index in [1.807, 2.05) is 12.4 Å². The van der Waals surface area contributed by atoms with E-state index in [1.165, 1.54) is 146 Å². The highest BCUT2D eigenvalue weighted by Crippen LogP contribution is 2.19. The molecule has 2 heteroatoms. The van der Waals surface area contributed by atoms with Crippen LogP contribution in [0.2, 0.25) is 0 Å². The number of hydrogen-bond acceptors (Lipinski definition) is 2. The molecule has 0 bridgehead atoms. The van der Waals surface area contributed by atoms with Gasteiger partial charge in [0, 0.05) is 18.0 Å². The van der Waals surface area contributed by atoms with E-state index in [1.54, 1.807) is 0 Å². The maximum absolute atomic E-state index is 4.66. The van der Waals surface area contributed by atoms with Crippen LogP contribution in [-0.2, 0) is 12.8 Å². The van der Waals surface area contributed by atoms with Gasteiger partial charge in [-0.25, -0.2) is 9.97 Å². The summed E-state index contributed by atoms with van der Waals surface area (Å²) in [6.45, 7) is 6.94. The van der Waals surface area contributed by atoms with Gasteiger partial charge < -0.3 is 0 Å². The minimum atomic E-state index is 0.852. The summed E-state index contributed by atoms with van der Waals surface area (Å²) in [5.41, 5.74) is 3.84. The van der Waals surface area contributed by atoms with Gasteiger partial charge in [0.05, 0.1) is 0 Å². The van der Waals surface area contributed by atoms with Gasteiger partial charge in [-0.3, -0.25) is 0 Å². The summed E-state index contributed by atoms with van der Waals surface area (Å²) in [5, 5.41) is 0. The summed E-state index contributed by atoms with van der Waals surface area (Å²) < 4.78 is 0. The highest BCUT2D eigenvalue weighted by atomic mass is 14.9. The van der Waals surface area contributed by atoms with Gasteiger partial charge in [0.15, 0.2) is 5.82 Å². The van der Waals surface area contributed by atoms with Gasteiger partial charge in [-0.15, -0.1) is 0 Å². The van der Waals surface area contributed by atoms with Crippen molar-refractivity contribution in [1.82, 2.24) is 9.97 Å². The highest BCUT2D eigenvalue weighted by Gasteiger charge is 2.03. The number of nitrogens with zero attached hydrogens (tertiary/aromatic N) is 2. The monoisotopic (exact) mass is 520 g/mol. The summed E-state index contributed by atoms with van der Waals surface area (Å²) in [6.07, 6.45) is 34.2. The lowest BCUT2D eigenvalue weighted by Crippen LogP contribution is -1.94. The first-order valence-electron chi connectivity index (χ1n) is 16.6. The van der Waals surface area contributed by atoms with Crippen molar-refractivity contribution in [2.45, 2.75) is 162 Å². The van der Waals surface area contributed by atoms with E-state index in [-0.39, 0.29) is 0 Å². The molecule has 0 fully saturated rings. The Balaban J connectivity index is 1.50. The molecule has 0 saturated carbocycles. The van der Waals surface area contributed by atoms with E-state index in [9.17, 15) is 0 Å². The zero-order chi connectivity index (χ0) is 27.1. The van der Waals surface area contributed by atoms with Crippen LogP contribution in [0.4, 0.5) is 0 Å². The lowest BCUT2D eigenvalue weighted by molar-refractivity contribution is 0.511. The van der Waals surface area contributed by atoms with Crippen LogP contribution in [0.1, 0.15) is 160 Å². The van der Waals surface area contributed by atoms with Crippen molar-refractivity contribution in [3.63, 3.8) is 0 Å². The van der Waals surface area contributed by atoms with Crippen LogP contribution in [0.25, 0.3) is 11.4 Å². The Labute approximate surface area is 236 Å². The van der Waals surface area contributed by atoms with Gasteiger partial charge in [-0.1, -0.05) is 161 Å². The van der Waals surface area contributed by atoms with Crippen LogP contribution in [0, 0.1) is 5.92 Å². The van der Waals surface area contributed by atoms with Crippen LogP contribution in [0.15, 0.2) is 36.7 Å². The first-order chi connectivity index (χ1) is 18.7. The first kappa shape index (κ1) is 32.5. The van der Waals surface area contributed by atoms with E-state index in [0.29, 0.717) is 0 Å². The van der Waals surface area contributed by atoms with Crippen molar-refractivity contribution in [2.75, 3.05) is 0 Å². The molecule has 1 heterocycles. The number of benzene rings is 1. The summed E-state index contributed by atoms with van der Waals surface area (Å²) in [7, 11) is 0. The lowest BCUT2D eigenvalue weighted by Gasteiger charge is -2.06. The maximum atomic E-state index is 4.66. The molecule has 0 atom stereocenters. The standard InChI is InChI=1S/C36H60N2/c1-4-5-6-7-8-9-10-11-12-13-14-18-21-24-33-26-28-35(29-27-33)36-37-30-34(31-38-36)25-22-19-16-15-17-20-23-32(2)3/h26-32H,4-25H2,1-3H3. The molecule has 2 aromatic rings. The fourth-order valence-corrected chi connectivity index (χ4v) is 5.39. The van der Waals surface area contributed by atoms with Crippen molar-refractivity contribution >= 4 is 0 Å². The van der Waals surface area contributed by atoms with E-state index in [4.69, 9.17) is 0 Å². The minimum Gasteiger partial charge on any atom is -0.236 e. The topological polar surface area (TPSA) is 25.8 Å². The molecule has 0 amide bonds. The molecule has 0 aliphatic rings. The van der Waals surface area contributed by atoms with E-state index >= 15 is 0 Å². The molecule has 0 saturated heterocycles. The SMILES string of the molecule is CCCCCCCCCCCCCCCc1ccc(-c2ncc(CCCCCCCCC(C)C)cn2)cc1. The Bertz CT molecular complexity index is 778. The molecule has 214 valence electrons. The average molecular weight is 521 g/mol. The molecule has 0 N–H and O–H groups in total. The summed E-state index contributed by atoms with van der Waals surface area (Å²) in [5.74, 6) is 1.70. The lowest BCUT2D eigenvalue weighted by atomic mass is 10.0. The van der Waals surface area contributed by atoms with Gasteiger partial charge >= 0.3 is 0 Å². The van der Waals surface area contributed by atoms with Crippen LogP contribution in [-0.4, -0.2) is 9.97 Å². The van der Waals surface area contributed by atoms with Gasteiger partial charge in [0.2, 0.25) is 0 Å². The van der Waals surface area contributed by atoms with Crippen LogP contribution >= 0.6 is 0 Å². The molecule has 0 spiro atoms. The first-order valence-corrected chi connectivity index (χ1v) is 16.6.